The molecule has 1 aliphatic carbocycles. The second-order valence-corrected chi connectivity index (χ2v) is 4.75. The fourth-order valence-electron chi connectivity index (χ4n) is 2.75. The maximum Gasteiger partial charge on any atom is 0.151 e. The monoisotopic (exact) mass is 222 g/mol. The third-order valence-electron chi connectivity index (χ3n) is 3.82. The number of benzene rings is 2. The van der Waals surface area contributed by atoms with Gasteiger partial charge in [-0.15, -0.1) is 0 Å². The molecule has 17 heavy (non-hydrogen) atoms. The molecule has 0 spiro atoms. The Labute approximate surface area is 101 Å². The van der Waals surface area contributed by atoms with E-state index in [2.05, 4.69) is 12.1 Å². The fraction of sp³-hybridized carbons (Fsp3) is 0.188. The highest BCUT2D eigenvalue weighted by Gasteiger charge is 2.42. The molecule has 0 saturated carbocycles. The average molecular weight is 222 g/mol. The maximum absolute atomic E-state index is 12.4. The van der Waals surface area contributed by atoms with Crippen LogP contribution in [0.4, 0.5) is 0 Å². The van der Waals surface area contributed by atoms with Gasteiger partial charge >= 0.3 is 0 Å². The van der Waals surface area contributed by atoms with Crippen molar-refractivity contribution in [3.63, 3.8) is 0 Å². The molecule has 1 atom stereocenters. The molecule has 0 radical (unpaired) electrons. The molecule has 0 fully saturated rings. The molecule has 2 aromatic carbocycles. The highest BCUT2D eigenvalue weighted by molar-refractivity contribution is 5.99. The van der Waals surface area contributed by atoms with Gasteiger partial charge in [-0.2, -0.15) is 0 Å². The summed E-state index contributed by atoms with van der Waals surface area (Å²) in [4.78, 5) is 12.4. The standard InChI is InChI=1S/C16H14O/c1-16(13-8-3-2-4-9-13)14-10-6-5-7-12(14)11-15(16)17/h2-10H,11H2,1H3. The number of hydrogen-bond donors (Lipinski definition) is 0. The van der Waals surface area contributed by atoms with E-state index in [4.69, 9.17) is 0 Å². The van der Waals surface area contributed by atoms with Gasteiger partial charge in [-0.3, -0.25) is 4.79 Å². The number of Topliss-reactive ketones (excluding diaryl/α,β-unsaturated/α-hetero) is 1. The molecule has 2 aromatic rings. The van der Waals surface area contributed by atoms with Crippen LogP contribution >= 0.6 is 0 Å². The molecule has 0 N–H and O–H groups in total. The SMILES string of the molecule is CC1(c2ccccc2)C(=O)Cc2ccccc21. The molecule has 1 heteroatoms. The minimum Gasteiger partial charge on any atom is -0.298 e. The van der Waals surface area contributed by atoms with Gasteiger partial charge in [0.2, 0.25) is 0 Å². The van der Waals surface area contributed by atoms with E-state index in [0.29, 0.717) is 12.2 Å². The van der Waals surface area contributed by atoms with Crippen LogP contribution in [0.3, 0.4) is 0 Å². The van der Waals surface area contributed by atoms with Crippen molar-refractivity contribution in [3.05, 3.63) is 71.3 Å². The van der Waals surface area contributed by atoms with Crippen molar-refractivity contribution < 1.29 is 4.79 Å². The van der Waals surface area contributed by atoms with Crippen LogP contribution in [0, 0.1) is 0 Å². The first-order valence-electron chi connectivity index (χ1n) is 5.90. The molecular weight excluding hydrogens is 208 g/mol. The number of carbonyl (C=O) groups is 1. The lowest BCUT2D eigenvalue weighted by Gasteiger charge is -2.24. The topological polar surface area (TPSA) is 17.1 Å². The average Bonchev–Trinajstić information content (AvgIpc) is 2.64. The number of rotatable bonds is 1. The summed E-state index contributed by atoms with van der Waals surface area (Å²) in [6.45, 7) is 2.04. The molecule has 3 rings (SSSR count). The smallest absolute Gasteiger partial charge is 0.151 e. The van der Waals surface area contributed by atoms with Crippen molar-refractivity contribution >= 4 is 5.78 Å². The lowest BCUT2D eigenvalue weighted by atomic mass is 9.77. The summed E-state index contributed by atoms with van der Waals surface area (Å²) in [5, 5.41) is 0. The van der Waals surface area contributed by atoms with Gasteiger partial charge in [0.1, 0.15) is 0 Å². The normalized spacial score (nSPS) is 22.5. The Kier molecular flexibility index (Phi) is 2.15. The Morgan fingerprint density at radius 1 is 0.941 bits per heavy atom. The molecule has 0 saturated heterocycles. The van der Waals surface area contributed by atoms with Gasteiger partial charge in [0, 0.05) is 6.42 Å². The first-order valence-corrected chi connectivity index (χ1v) is 5.90. The van der Waals surface area contributed by atoms with E-state index in [1.165, 1.54) is 5.56 Å². The van der Waals surface area contributed by atoms with E-state index in [0.717, 1.165) is 11.1 Å². The van der Waals surface area contributed by atoms with Gasteiger partial charge in [-0.1, -0.05) is 54.6 Å². The van der Waals surface area contributed by atoms with Crippen LogP contribution in [0.5, 0.6) is 0 Å². The van der Waals surface area contributed by atoms with Crippen LogP contribution in [0.25, 0.3) is 0 Å². The molecule has 0 heterocycles. The summed E-state index contributed by atoms with van der Waals surface area (Å²) in [6.07, 6.45) is 0.557. The lowest BCUT2D eigenvalue weighted by Crippen LogP contribution is -2.29. The highest BCUT2D eigenvalue weighted by atomic mass is 16.1. The van der Waals surface area contributed by atoms with Crippen molar-refractivity contribution in [1.29, 1.82) is 0 Å². The number of fused-ring (bicyclic) bond motifs is 1. The zero-order valence-electron chi connectivity index (χ0n) is 9.81. The first-order chi connectivity index (χ1) is 8.23. The molecule has 0 bridgehead atoms. The predicted molar refractivity (Wildman–Crippen MR) is 68.0 cm³/mol. The zero-order chi connectivity index (χ0) is 11.9. The summed E-state index contributed by atoms with van der Waals surface area (Å²) < 4.78 is 0. The Bertz CT molecular complexity index is 571. The summed E-state index contributed by atoms with van der Waals surface area (Å²) in [5.41, 5.74) is 2.97. The van der Waals surface area contributed by atoms with Crippen LogP contribution in [0.15, 0.2) is 54.6 Å². The molecule has 0 aromatic heterocycles. The minimum atomic E-state index is -0.460. The van der Waals surface area contributed by atoms with Crippen molar-refractivity contribution in [1.82, 2.24) is 0 Å². The van der Waals surface area contributed by atoms with Gasteiger partial charge in [0.15, 0.2) is 5.78 Å². The molecular formula is C16H14O. The van der Waals surface area contributed by atoms with E-state index in [-0.39, 0.29) is 0 Å². The summed E-state index contributed by atoms with van der Waals surface area (Å²) in [6, 6.07) is 18.2. The van der Waals surface area contributed by atoms with Gasteiger partial charge in [0.05, 0.1) is 5.41 Å². The molecule has 1 aliphatic rings. The summed E-state index contributed by atoms with van der Waals surface area (Å²) >= 11 is 0. The van der Waals surface area contributed by atoms with Gasteiger partial charge in [-0.05, 0) is 23.6 Å². The van der Waals surface area contributed by atoms with E-state index >= 15 is 0 Å². The van der Waals surface area contributed by atoms with Crippen molar-refractivity contribution in [2.45, 2.75) is 18.8 Å². The van der Waals surface area contributed by atoms with E-state index in [9.17, 15) is 4.79 Å². The Morgan fingerprint density at radius 3 is 2.35 bits per heavy atom. The predicted octanol–water partition coefficient (Wildman–Crippen LogP) is 3.12. The van der Waals surface area contributed by atoms with Crippen molar-refractivity contribution in [2.75, 3.05) is 0 Å². The Hall–Kier alpha value is -1.89. The third kappa shape index (κ3) is 1.35. The zero-order valence-corrected chi connectivity index (χ0v) is 9.81. The van der Waals surface area contributed by atoms with Gasteiger partial charge < -0.3 is 0 Å². The fourth-order valence-corrected chi connectivity index (χ4v) is 2.75. The number of ketones is 1. The molecule has 1 nitrogen and oxygen atoms in total. The first kappa shape index (κ1) is 10.3. The summed E-state index contributed by atoms with van der Waals surface area (Å²) in [7, 11) is 0. The number of carbonyl (C=O) groups excluding carboxylic acids is 1. The second kappa shape index (κ2) is 3.56. The maximum atomic E-state index is 12.4. The van der Waals surface area contributed by atoms with Crippen LogP contribution in [0.1, 0.15) is 23.6 Å². The second-order valence-electron chi connectivity index (χ2n) is 4.75. The quantitative estimate of drug-likeness (QED) is 0.724. The van der Waals surface area contributed by atoms with E-state index < -0.39 is 5.41 Å². The molecule has 0 aliphatic heterocycles. The third-order valence-corrected chi connectivity index (χ3v) is 3.82. The largest absolute Gasteiger partial charge is 0.298 e. The molecule has 0 amide bonds. The van der Waals surface area contributed by atoms with E-state index in [1.54, 1.807) is 0 Å². The van der Waals surface area contributed by atoms with Crippen LogP contribution in [0.2, 0.25) is 0 Å². The van der Waals surface area contributed by atoms with Gasteiger partial charge in [-0.25, -0.2) is 0 Å². The highest BCUT2D eigenvalue weighted by Crippen LogP contribution is 2.40. The minimum absolute atomic E-state index is 0.296. The summed E-state index contributed by atoms with van der Waals surface area (Å²) in [5.74, 6) is 0.296. The van der Waals surface area contributed by atoms with Crippen LogP contribution in [-0.4, -0.2) is 5.78 Å². The Balaban J connectivity index is 2.24. The van der Waals surface area contributed by atoms with Crippen LogP contribution < -0.4 is 0 Å². The Morgan fingerprint density at radius 2 is 1.59 bits per heavy atom. The van der Waals surface area contributed by atoms with Gasteiger partial charge in [0.25, 0.3) is 0 Å². The van der Waals surface area contributed by atoms with Crippen molar-refractivity contribution in [2.24, 2.45) is 0 Å². The van der Waals surface area contributed by atoms with Crippen molar-refractivity contribution in [3.8, 4) is 0 Å². The lowest BCUT2D eigenvalue weighted by molar-refractivity contribution is -0.121. The van der Waals surface area contributed by atoms with Crippen LogP contribution in [-0.2, 0) is 16.6 Å². The number of hydrogen-bond acceptors (Lipinski definition) is 1. The molecule has 1 unspecified atom stereocenters. The van der Waals surface area contributed by atoms with E-state index in [1.807, 2.05) is 49.4 Å². The molecule has 84 valence electrons.